The second-order valence-corrected chi connectivity index (χ2v) is 8.54. The van der Waals surface area contributed by atoms with E-state index in [-0.39, 0.29) is 17.6 Å². The van der Waals surface area contributed by atoms with Crippen LogP contribution in [0.15, 0.2) is 42.5 Å². The van der Waals surface area contributed by atoms with E-state index in [1.807, 2.05) is 0 Å². The SMILES string of the molecule is O=C(Nc1ccc(Cl)cc1C(F)(F)F)c1cc2n(n1)C(C(F)(F)F)CC(c1ccc3c(c1)OCO3)N2. The molecule has 0 fully saturated rings. The van der Waals surface area contributed by atoms with E-state index in [4.69, 9.17) is 21.1 Å². The van der Waals surface area contributed by atoms with Crippen LogP contribution < -0.4 is 20.1 Å². The molecule has 0 radical (unpaired) electrons. The van der Waals surface area contributed by atoms with Crippen molar-refractivity contribution in [3.05, 3.63) is 64.3 Å². The van der Waals surface area contributed by atoms with E-state index in [9.17, 15) is 31.1 Å². The van der Waals surface area contributed by atoms with E-state index >= 15 is 0 Å². The van der Waals surface area contributed by atoms with Crippen molar-refractivity contribution in [3.63, 3.8) is 0 Å². The number of amides is 1. The third-order valence-electron chi connectivity index (χ3n) is 5.76. The van der Waals surface area contributed by atoms with Crippen LogP contribution in [0.1, 0.15) is 40.1 Å². The fraction of sp³-hybridized carbons (Fsp3) is 0.273. The standard InChI is InChI=1S/C22H15ClF6N4O3/c23-11-2-3-13(12(6-11)21(24,25)26)31-20(34)15-8-19-30-14(7-18(22(27,28)29)33(19)32-15)10-1-4-16-17(5-10)36-9-35-16/h1-6,8,14,18,30H,7,9H2,(H,31,34). The van der Waals surface area contributed by atoms with E-state index in [0.29, 0.717) is 27.8 Å². The Labute approximate surface area is 203 Å². The zero-order chi connectivity index (χ0) is 25.8. The van der Waals surface area contributed by atoms with Gasteiger partial charge >= 0.3 is 12.4 Å². The molecule has 7 nitrogen and oxygen atoms in total. The molecule has 1 aromatic heterocycles. The largest absolute Gasteiger partial charge is 0.454 e. The van der Waals surface area contributed by atoms with E-state index in [1.165, 1.54) is 0 Å². The summed E-state index contributed by atoms with van der Waals surface area (Å²) in [5.41, 5.74) is -1.83. The Morgan fingerprint density at radius 3 is 2.53 bits per heavy atom. The van der Waals surface area contributed by atoms with E-state index in [2.05, 4.69) is 15.7 Å². The molecule has 2 aromatic carbocycles. The highest BCUT2D eigenvalue weighted by atomic mass is 35.5. The van der Waals surface area contributed by atoms with Gasteiger partial charge in [-0.3, -0.25) is 4.79 Å². The van der Waals surface area contributed by atoms with Crippen molar-refractivity contribution in [2.75, 3.05) is 17.4 Å². The quantitative estimate of drug-likeness (QED) is 0.393. The summed E-state index contributed by atoms with van der Waals surface area (Å²) in [5.74, 6) is -0.387. The zero-order valence-corrected chi connectivity index (χ0v) is 18.6. The van der Waals surface area contributed by atoms with Gasteiger partial charge in [0.25, 0.3) is 5.91 Å². The number of nitrogens with zero attached hydrogens (tertiary/aromatic N) is 2. The van der Waals surface area contributed by atoms with Crippen LogP contribution in [0.3, 0.4) is 0 Å². The summed E-state index contributed by atoms with van der Waals surface area (Å²) < 4.78 is 93.0. The summed E-state index contributed by atoms with van der Waals surface area (Å²) in [6.07, 6.45) is -10.00. The Balaban J connectivity index is 1.45. The number of rotatable bonds is 3. The lowest BCUT2D eigenvalue weighted by Crippen LogP contribution is -2.35. The molecule has 2 atom stereocenters. The molecule has 0 saturated carbocycles. The normalized spacial score (nSPS) is 19.0. The first-order valence-corrected chi connectivity index (χ1v) is 10.8. The highest BCUT2D eigenvalue weighted by Crippen LogP contribution is 2.45. The molecular weight excluding hydrogens is 518 g/mol. The minimum atomic E-state index is -4.83. The topological polar surface area (TPSA) is 77.4 Å². The maximum absolute atomic E-state index is 13.9. The summed E-state index contributed by atoms with van der Waals surface area (Å²) in [5, 5.41) is 8.53. The van der Waals surface area contributed by atoms with Gasteiger partial charge in [0.15, 0.2) is 23.2 Å². The van der Waals surface area contributed by atoms with Gasteiger partial charge in [-0.15, -0.1) is 0 Å². The molecule has 0 aliphatic carbocycles. The maximum atomic E-state index is 13.9. The van der Waals surface area contributed by atoms with Crippen molar-refractivity contribution in [1.82, 2.24) is 9.78 Å². The van der Waals surface area contributed by atoms with Gasteiger partial charge in [0.1, 0.15) is 5.82 Å². The number of benzene rings is 2. The van der Waals surface area contributed by atoms with Crippen LogP contribution in [-0.4, -0.2) is 28.7 Å². The first-order valence-electron chi connectivity index (χ1n) is 10.4. The molecule has 2 aliphatic rings. The van der Waals surface area contributed by atoms with Crippen molar-refractivity contribution in [3.8, 4) is 11.5 Å². The fourth-order valence-electron chi connectivity index (χ4n) is 4.08. The first kappa shape index (κ1) is 24.1. The summed E-state index contributed by atoms with van der Waals surface area (Å²) in [6, 6.07) is 5.60. The van der Waals surface area contributed by atoms with Gasteiger partial charge in [0.2, 0.25) is 6.79 Å². The zero-order valence-electron chi connectivity index (χ0n) is 17.9. The molecule has 1 amide bonds. The van der Waals surface area contributed by atoms with Gasteiger partial charge in [-0.2, -0.15) is 31.4 Å². The minimum absolute atomic E-state index is 0.00300. The molecule has 3 heterocycles. The van der Waals surface area contributed by atoms with Gasteiger partial charge in [-0.05, 0) is 35.9 Å². The molecule has 36 heavy (non-hydrogen) atoms. The molecule has 0 saturated heterocycles. The second kappa shape index (κ2) is 8.50. The Bertz CT molecular complexity index is 1340. The maximum Gasteiger partial charge on any atom is 0.418 e. The average molecular weight is 533 g/mol. The Hall–Kier alpha value is -3.61. The number of carbonyl (C=O) groups excluding carboxylic acids is 1. The molecule has 190 valence electrons. The molecule has 2 unspecified atom stereocenters. The van der Waals surface area contributed by atoms with E-state index < -0.39 is 53.7 Å². The van der Waals surface area contributed by atoms with Crippen molar-refractivity contribution in [2.45, 2.75) is 30.9 Å². The number of ether oxygens (including phenoxy) is 2. The molecular formula is C22H15ClF6N4O3. The second-order valence-electron chi connectivity index (χ2n) is 8.10. The average Bonchev–Trinajstić information content (AvgIpc) is 3.44. The van der Waals surface area contributed by atoms with Gasteiger partial charge in [-0.1, -0.05) is 17.7 Å². The smallest absolute Gasteiger partial charge is 0.418 e. The first-order chi connectivity index (χ1) is 16.9. The van der Waals surface area contributed by atoms with Crippen molar-refractivity contribution >= 4 is 29.0 Å². The van der Waals surface area contributed by atoms with Gasteiger partial charge in [0.05, 0.1) is 17.3 Å². The number of halogens is 7. The Morgan fingerprint density at radius 2 is 1.81 bits per heavy atom. The van der Waals surface area contributed by atoms with Crippen LogP contribution >= 0.6 is 11.6 Å². The number of hydrogen-bond acceptors (Lipinski definition) is 5. The minimum Gasteiger partial charge on any atom is -0.454 e. The number of carbonyl (C=O) groups is 1. The summed E-state index contributed by atoms with van der Waals surface area (Å²) >= 11 is 5.64. The third-order valence-corrected chi connectivity index (χ3v) is 5.99. The molecule has 3 aromatic rings. The van der Waals surface area contributed by atoms with Crippen LogP contribution in [0, 0.1) is 0 Å². The van der Waals surface area contributed by atoms with Gasteiger partial charge in [-0.25, -0.2) is 4.68 Å². The fourth-order valence-corrected chi connectivity index (χ4v) is 4.25. The molecule has 14 heteroatoms. The highest BCUT2D eigenvalue weighted by Gasteiger charge is 2.47. The summed E-state index contributed by atoms with van der Waals surface area (Å²) in [7, 11) is 0. The molecule has 2 N–H and O–H groups in total. The van der Waals surface area contributed by atoms with Crippen LogP contribution in [0.2, 0.25) is 5.02 Å². The van der Waals surface area contributed by atoms with Gasteiger partial charge in [0, 0.05) is 17.5 Å². The summed E-state index contributed by atoms with van der Waals surface area (Å²) in [4.78, 5) is 12.7. The molecule has 2 aliphatic heterocycles. The van der Waals surface area contributed by atoms with E-state index in [0.717, 1.165) is 18.2 Å². The van der Waals surface area contributed by atoms with Crippen LogP contribution in [0.25, 0.3) is 0 Å². The lowest BCUT2D eigenvalue weighted by Gasteiger charge is -2.33. The Morgan fingerprint density at radius 1 is 1.06 bits per heavy atom. The number of aromatic nitrogens is 2. The van der Waals surface area contributed by atoms with Gasteiger partial charge < -0.3 is 20.1 Å². The number of hydrogen-bond donors (Lipinski definition) is 2. The lowest BCUT2D eigenvalue weighted by atomic mass is 9.96. The number of anilines is 2. The monoisotopic (exact) mass is 532 g/mol. The summed E-state index contributed by atoms with van der Waals surface area (Å²) in [6.45, 7) is -0.00300. The third kappa shape index (κ3) is 4.50. The lowest BCUT2D eigenvalue weighted by molar-refractivity contribution is -0.173. The van der Waals surface area contributed by atoms with Crippen molar-refractivity contribution in [2.24, 2.45) is 0 Å². The number of alkyl halides is 6. The van der Waals surface area contributed by atoms with Crippen molar-refractivity contribution < 1.29 is 40.6 Å². The predicted molar refractivity (Wildman–Crippen MR) is 115 cm³/mol. The highest BCUT2D eigenvalue weighted by molar-refractivity contribution is 6.30. The van der Waals surface area contributed by atoms with Crippen molar-refractivity contribution in [1.29, 1.82) is 0 Å². The molecule has 5 rings (SSSR count). The van der Waals surface area contributed by atoms with Crippen LogP contribution in [0.5, 0.6) is 11.5 Å². The Kier molecular flexibility index (Phi) is 5.69. The molecule has 0 spiro atoms. The van der Waals surface area contributed by atoms with E-state index in [1.54, 1.807) is 18.2 Å². The van der Waals surface area contributed by atoms with Crippen LogP contribution in [0.4, 0.5) is 37.8 Å². The number of nitrogens with one attached hydrogen (secondary N) is 2. The van der Waals surface area contributed by atoms with Crippen LogP contribution in [-0.2, 0) is 6.18 Å². The predicted octanol–water partition coefficient (Wildman–Crippen LogP) is 6.20. The number of fused-ring (bicyclic) bond motifs is 2. The molecule has 0 bridgehead atoms.